The zero-order chi connectivity index (χ0) is 12.6. The molecule has 0 aromatic rings. The van der Waals surface area contributed by atoms with Crippen LogP contribution in [-0.2, 0) is 24.0 Å². The molecule has 0 spiro atoms. The number of ether oxygens (including phenoxy) is 1. The molecular weight excluding hydrogens is 228 g/mol. The summed E-state index contributed by atoms with van der Waals surface area (Å²) in [5.41, 5.74) is -1.49. The maximum atomic E-state index is 11.9. The summed E-state index contributed by atoms with van der Waals surface area (Å²) in [6.45, 7) is 0. The maximum Gasteiger partial charge on any atom is 0.355 e. The number of hydroxylamine groups is 2. The number of fused-ring (bicyclic) bond motifs is 1. The lowest BCUT2D eigenvalue weighted by molar-refractivity contribution is -0.236. The van der Waals surface area contributed by atoms with Crippen LogP contribution in [-0.4, -0.2) is 47.6 Å². The zero-order valence-electron chi connectivity index (χ0n) is 9.50. The number of hydrogen-bond acceptors (Lipinski definition) is 5. The number of esters is 1. The number of carbonyl (C=O) groups is 3. The number of amides is 2. The van der Waals surface area contributed by atoms with Crippen LogP contribution in [0.1, 0.15) is 12.8 Å². The molecular formula is C10H12N2O5. The topological polar surface area (TPSA) is 76.2 Å². The van der Waals surface area contributed by atoms with Gasteiger partial charge in [0.2, 0.25) is 11.6 Å². The predicted molar refractivity (Wildman–Crippen MR) is 53.8 cm³/mol. The highest BCUT2D eigenvalue weighted by Crippen LogP contribution is 2.37. The molecule has 0 unspecified atom stereocenters. The van der Waals surface area contributed by atoms with Gasteiger partial charge < -0.3 is 4.74 Å². The molecule has 0 N–H and O–H groups in total. The standard InChI is InChI=1S/C10H12N2O5/c1-16-9(15)10-5-3-7(13)11(10)6-4-8(14)12(10)17-2/h4,6H,3,5H2,1-2H3/t10-/m1/s1. The number of rotatable bonds is 2. The summed E-state index contributed by atoms with van der Waals surface area (Å²) in [4.78, 5) is 41.4. The molecule has 92 valence electrons. The van der Waals surface area contributed by atoms with Crippen LogP contribution in [0.3, 0.4) is 0 Å². The van der Waals surface area contributed by atoms with Crippen LogP contribution in [0.25, 0.3) is 0 Å². The van der Waals surface area contributed by atoms with Gasteiger partial charge in [-0.05, 0) is 0 Å². The normalized spacial score (nSPS) is 27.4. The van der Waals surface area contributed by atoms with E-state index in [9.17, 15) is 14.4 Å². The van der Waals surface area contributed by atoms with Crippen LogP contribution in [0.4, 0.5) is 0 Å². The minimum absolute atomic E-state index is 0.155. The number of hydrogen-bond donors (Lipinski definition) is 0. The minimum atomic E-state index is -1.49. The highest BCUT2D eigenvalue weighted by atomic mass is 16.7. The van der Waals surface area contributed by atoms with Crippen LogP contribution in [0.2, 0.25) is 0 Å². The average molecular weight is 240 g/mol. The van der Waals surface area contributed by atoms with E-state index in [0.717, 1.165) is 5.06 Å². The average Bonchev–Trinajstić information content (AvgIpc) is 2.67. The van der Waals surface area contributed by atoms with Crippen molar-refractivity contribution in [1.29, 1.82) is 0 Å². The van der Waals surface area contributed by atoms with Gasteiger partial charge in [-0.15, -0.1) is 0 Å². The summed E-state index contributed by atoms with van der Waals surface area (Å²) in [7, 11) is 2.47. The van der Waals surface area contributed by atoms with Crippen molar-refractivity contribution in [2.75, 3.05) is 14.2 Å². The summed E-state index contributed by atoms with van der Waals surface area (Å²) >= 11 is 0. The fourth-order valence-corrected chi connectivity index (χ4v) is 2.21. The molecule has 0 aromatic carbocycles. The van der Waals surface area contributed by atoms with Crippen molar-refractivity contribution in [1.82, 2.24) is 9.96 Å². The Morgan fingerprint density at radius 3 is 2.71 bits per heavy atom. The Morgan fingerprint density at radius 1 is 1.41 bits per heavy atom. The Hall–Kier alpha value is -1.89. The van der Waals surface area contributed by atoms with E-state index in [1.165, 1.54) is 31.4 Å². The van der Waals surface area contributed by atoms with Crippen LogP contribution in [0.15, 0.2) is 12.3 Å². The van der Waals surface area contributed by atoms with Gasteiger partial charge >= 0.3 is 5.97 Å². The third-order valence-corrected chi connectivity index (χ3v) is 2.95. The van der Waals surface area contributed by atoms with Crippen molar-refractivity contribution in [3.63, 3.8) is 0 Å². The summed E-state index contributed by atoms with van der Waals surface area (Å²) in [5.74, 6) is -1.44. The molecule has 2 rings (SSSR count). The van der Waals surface area contributed by atoms with E-state index in [4.69, 9.17) is 4.84 Å². The Bertz CT molecular complexity index is 419. The molecule has 7 nitrogen and oxygen atoms in total. The van der Waals surface area contributed by atoms with Crippen LogP contribution in [0, 0.1) is 0 Å². The van der Waals surface area contributed by atoms with Gasteiger partial charge in [0.05, 0.1) is 14.2 Å². The molecule has 2 heterocycles. The third-order valence-electron chi connectivity index (χ3n) is 2.95. The summed E-state index contributed by atoms with van der Waals surface area (Å²) in [5, 5.41) is 0.879. The van der Waals surface area contributed by atoms with E-state index in [1.54, 1.807) is 0 Å². The van der Waals surface area contributed by atoms with Crippen molar-refractivity contribution < 1.29 is 24.0 Å². The fourth-order valence-electron chi connectivity index (χ4n) is 2.21. The van der Waals surface area contributed by atoms with Gasteiger partial charge in [-0.3, -0.25) is 19.3 Å². The minimum Gasteiger partial charge on any atom is -0.466 e. The van der Waals surface area contributed by atoms with Crippen molar-refractivity contribution in [3.05, 3.63) is 12.3 Å². The lowest BCUT2D eigenvalue weighted by Crippen LogP contribution is -2.65. The predicted octanol–water partition coefficient (Wildman–Crippen LogP) is -0.605. The van der Waals surface area contributed by atoms with Crippen molar-refractivity contribution >= 4 is 17.8 Å². The second-order valence-corrected chi connectivity index (χ2v) is 3.70. The molecule has 1 saturated heterocycles. The second-order valence-electron chi connectivity index (χ2n) is 3.70. The van der Waals surface area contributed by atoms with Gasteiger partial charge in [0.1, 0.15) is 0 Å². The maximum absolute atomic E-state index is 11.9. The quantitative estimate of drug-likeness (QED) is 0.602. The van der Waals surface area contributed by atoms with E-state index in [-0.39, 0.29) is 18.7 Å². The van der Waals surface area contributed by atoms with E-state index in [0.29, 0.717) is 0 Å². The van der Waals surface area contributed by atoms with Gasteiger partial charge in [0.15, 0.2) is 0 Å². The molecule has 7 heteroatoms. The number of methoxy groups -OCH3 is 1. The highest BCUT2D eigenvalue weighted by Gasteiger charge is 2.59. The first kappa shape index (κ1) is 11.6. The Labute approximate surface area is 97.5 Å². The van der Waals surface area contributed by atoms with Gasteiger partial charge in [-0.1, -0.05) is 0 Å². The van der Waals surface area contributed by atoms with Crippen LogP contribution in [0.5, 0.6) is 0 Å². The van der Waals surface area contributed by atoms with Gasteiger partial charge in [0.25, 0.3) is 5.91 Å². The van der Waals surface area contributed by atoms with E-state index < -0.39 is 17.5 Å². The highest BCUT2D eigenvalue weighted by molar-refractivity contribution is 6.00. The van der Waals surface area contributed by atoms with Gasteiger partial charge in [0, 0.05) is 25.1 Å². The molecule has 0 aliphatic carbocycles. The number of carbonyl (C=O) groups excluding carboxylic acids is 3. The smallest absolute Gasteiger partial charge is 0.355 e. The molecule has 1 atom stereocenters. The fraction of sp³-hybridized carbons (Fsp3) is 0.500. The molecule has 0 radical (unpaired) electrons. The molecule has 2 amide bonds. The largest absolute Gasteiger partial charge is 0.466 e. The summed E-state index contributed by atoms with van der Waals surface area (Å²) < 4.78 is 4.68. The first-order valence-electron chi connectivity index (χ1n) is 5.05. The summed E-state index contributed by atoms with van der Waals surface area (Å²) in [6, 6.07) is 0. The molecule has 1 fully saturated rings. The molecule has 0 bridgehead atoms. The van der Waals surface area contributed by atoms with Gasteiger partial charge in [-0.25, -0.2) is 4.79 Å². The lowest BCUT2D eigenvalue weighted by atomic mass is 10.1. The molecule has 0 aromatic heterocycles. The van der Waals surface area contributed by atoms with Crippen molar-refractivity contribution in [2.45, 2.75) is 18.5 Å². The van der Waals surface area contributed by atoms with Gasteiger partial charge in [-0.2, -0.15) is 5.06 Å². The number of nitrogens with zero attached hydrogens (tertiary/aromatic N) is 2. The monoisotopic (exact) mass is 240 g/mol. The van der Waals surface area contributed by atoms with Crippen molar-refractivity contribution in [3.8, 4) is 0 Å². The van der Waals surface area contributed by atoms with E-state index in [1.807, 2.05) is 0 Å². The van der Waals surface area contributed by atoms with Crippen molar-refractivity contribution in [2.24, 2.45) is 0 Å². The first-order valence-corrected chi connectivity index (χ1v) is 5.05. The van der Waals surface area contributed by atoms with Crippen LogP contribution >= 0.6 is 0 Å². The second kappa shape index (κ2) is 3.85. The molecule has 2 aliphatic heterocycles. The lowest BCUT2D eigenvalue weighted by Gasteiger charge is -2.42. The first-order chi connectivity index (χ1) is 8.07. The Morgan fingerprint density at radius 2 is 2.12 bits per heavy atom. The molecule has 2 aliphatic rings. The Balaban J connectivity index is 2.54. The molecule has 17 heavy (non-hydrogen) atoms. The van der Waals surface area contributed by atoms with E-state index in [2.05, 4.69) is 4.74 Å². The molecule has 0 saturated carbocycles. The summed E-state index contributed by atoms with van der Waals surface area (Å²) in [6.07, 6.45) is 2.78. The van der Waals surface area contributed by atoms with E-state index >= 15 is 0 Å². The SMILES string of the molecule is COC(=O)[C@]12CCC(=O)N1C=CC(=O)N2OC. The Kier molecular flexibility index (Phi) is 2.62. The zero-order valence-corrected chi connectivity index (χ0v) is 9.50. The third kappa shape index (κ3) is 1.35. The van der Waals surface area contributed by atoms with Crippen LogP contribution < -0.4 is 0 Å².